The summed E-state index contributed by atoms with van der Waals surface area (Å²) in [6.45, 7) is 0.627. The van der Waals surface area contributed by atoms with Crippen LogP contribution < -0.4 is 11.3 Å². The minimum Gasteiger partial charge on any atom is -0.392 e. The minimum absolute atomic E-state index is 0.0188. The maximum atomic E-state index is 12.8. The van der Waals surface area contributed by atoms with E-state index in [1.54, 1.807) is 0 Å². The van der Waals surface area contributed by atoms with Gasteiger partial charge in [0.25, 0.3) is 0 Å². The molecule has 1 aliphatic rings. The van der Waals surface area contributed by atoms with Crippen LogP contribution in [0.4, 0.5) is 5.69 Å². The number of pyridine rings is 1. The minimum atomic E-state index is -3.77. The number of nitrogens with two attached hydrogens (primary N) is 1. The topological polar surface area (TPSA) is 112 Å². The molecule has 0 aliphatic carbocycles. The highest BCUT2D eigenvalue weighted by Gasteiger charge is 2.40. The van der Waals surface area contributed by atoms with Crippen LogP contribution >= 0.6 is 0 Å². The standard InChI is InChI=1S/C12H21N5O3S/c1-16(2)7-9-5-10(18)8-17(9)21(19,20)12-6-14-4-3-11(12)15-13/h3-4,6,9-10,18H,5,7-8,13H2,1-2H3,(H,14,15). The highest BCUT2D eigenvalue weighted by Crippen LogP contribution is 2.29. The van der Waals surface area contributed by atoms with Crippen molar-refractivity contribution in [2.45, 2.75) is 23.5 Å². The second-order valence-corrected chi connectivity index (χ2v) is 7.26. The predicted molar refractivity (Wildman–Crippen MR) is 78.9 cm³/mol. The van der Waals surface area contributed by atoms with Crippen molar-refractivity contribution in [2.24, 2.45) is 5.84 Å². The van der Waals surface area contributed by atoms with Gasteiger partial charge < -0.3 is 15.4 Å². The third-order valence-corrected chi connectivity index (χ3v) is 5.39. The van der Waals surface area contributed by atoms with Crippen LogP contribution in [0.1, 0.15) is 6.42 Å². The number of likely N-dealkylation sites (N-methyl/N-ethyl adjacent to an activating group) is 1. The molecule has 0 aromatic carbocycles. The third-order valence-electron chi connectivity index (χ3n) is 3.44. The molecule has 4 N–H and O–H groups in total. The lowest BCUT2D eigenvalue weighted by Gasteiger charge is -2.26. The Bertz CT molecular complexity index is 592. The molecule has 2 unspecified atom stereocenters. The molecule has 1 aliphatic heterocycles. The summed E-state index contributed by atoms with van der Waals surface area (Å²) in [6.07, 6.45) is 2.49. The summed E-state index contributed by atoms with van der Waals surface area (Å²) in [7, 11) is -0.0325. The van der Waals surface area contributed by atoms with Crippen LogP contribution in [0.15, 0.2) is 23.4 Å². The summed E-state index contributed by atoms with van der Waals surface area (Å²) in [6, 6.07) is 1.23. The number of aliphatic hydroxyl groups excluding tert-OH is 1. The SMILES string of the molecule is CN(C)CC1CC(O)CN1S(=O)(=O)c1cnccc1NN. The van der Waals surface area contributed by atoms with Crippen LogP contribution in [0.3, 0.4) is 0 Å². The number of aliphatic hydroxyl groups is 1. The van der Waals surface area contributed by atoms with Crippen LogP contribution in [-0.4, -0.2) is 67.0 Å². The lowest BCUT2D eigenvalue weighted by molar-refractivity contribution is 0.188. The molecule has 21 heavy (non-hydrogen) atoms. The normalized spacial score (nSPS) is 23.7. The maximum absolute atomic E-state index is 12.8. The first-order chi connectivity index (χ1) is 9.86. The molecule has 2 heterocycles. The summed E-state index contributed by atoms with van der Waals surface area (Å²) >= 11 is 0. The van der Waals surface area contributed by atoms with Gasteiger partial charge in [-0.05, 0) is 26.6 Å². The van der Waals surface area contributed by atoms with E-state index in [1.165, 1.54) is 22.8 Å². The van der Waals surface area contributed by atoms with E-state index in [0.717, 1.165) is 0 Å². The van der Waals surface area contributed by atoms with E-state index in [0.29, 0.717) is 13.0 Å². The molecule has 0 saturated carbocycles. The average Bonchev–Trinajstić information content (AvgIpc) is 2.79. The Hall–Kier alpha value is -1.26. The second-order valence-electron chi connectivity index (χ2n) is 5.40. The van der Waals surface area contributed by atoms with Crippen molar-refractivity contribution in [2.75, 3.05) is 32.6 Å². The zero-order valence-corrected chi connectivity index (χ0v) is 12.9. The van der Waals surface area contributed by atoms with E-state index >= 15 is 0 Å². The number of rotatable bonds is 5. The fourth-order valence-electron chi connectivity index (χ4n) is 2.58. The molecule has 0 bridgehead atoms. The zero-order valence-electron chi connectivity index (χ0n) is 12.1. The van der Waals surface area contributed by atoms with Gasteiger partial charge in [0.1, 0.15) is 4.90 Å². The molecule has 2 atom stereocenters. The second kappa shape index (κ2) is 6.24. The molecule has 1 fully saturated rings. The van der Waals surface area contributed by atoms with Gasteiger partial charge in [-0.15, -0.1) is 0 Å². The number of aromatic nitrogens is 1. The van der Waals surface area contributed by atoms with E-state index in [1.807, 2.05) is 19.0 Å². The van der Waals surface area contributed by atoms with Gasteiger partial charge in [-0.2, -0.15) is 4.31 Å². The van der Waals surface area contributed by atoms with Crippen molar-refractivity contribution < 1.29 is 13.5 Å². The number of anilines is 1. The van der Waals surface area contributed by atoms with Gasteiger partial charge >= 0.3 is 0 Å². The first-order valence-electron chi connectivity index (χ1n) is 6.61. The predicted octanol–water partition coefficient (Wildman–Crippen LogP) is -0.947. The van der Waals surface area contributed by atoms with E-state index in [-0.39, 0.29) is 23.2 Å². The van der Waals surface area contributed by atoms with Crippen LogP contribution in [0, 0.1) is 0 Å². The highest BCUT2D eigenvalue weighted by molar-refractivity contribution is 7.89. The number of hydrogen-bond acceptors (Lipinski definition) is 7. The summed E-state index contributed by atoms with van der Waals surface area (Å²) in [5.74, 6) is 5.37. The smallest absolute Gasteiger partial charge is 0.247 e. The number of sulfonamides is 1. The van der Waals surface area contributed by atoms with Crippen LogP contribution in [-0.2, 0) is 10.0 Å². The largest absolute Gasteiger partial charge is 0.392 e. The molecule has 0 spiro atoms. The first-order valence-corrected chi connectivity index (χ1v) is 8.05. The van der Waals surface area contributed by atoms with Gasteiger partial charge in [0.05, 0.1) is 11.8 Å². The van der Waals surface area contributed by atoms with Crippen molar-refractivity contribution in [3.63, 3.8) is 0 Å². The molecule has 0 amide bonds. The van der Waals surface area contributed by atoms with E-state index < -0.39 is 16.1 Å². The van der Waals surface area contributed by atoms with Crippen molar-refractivity contribution in [1.29, 1.82) is 0 Å². The van der Waals surface area contributed by atoms with Gasteiger partial charge in [-0.3, -0.25) is 10.8 Å². The fourth-order valence-corrected chi connectivity index (χ4v) is 4.34. The van der Waals surface area contributed by atoms with E-state index in [9.17, 15) is 13.5 Å². The highest BCUT2D eigenvalue weighted by atomic mass is 32.2. The quantitative estimate of drug-likeness (QED) is 0.474. The summed E-state index contributed by atoms with van der Waals surface area (Å²) in [5, 5.41) is 9.84. The van der Waals surface area contributed by atoms with Gasteiger partial charge in [0.2, 0.25) is 10.0 Å². The van der Waals surface area contributed by atoms with E-state index in [2.05, 4.69) is 10.4 Å². The fraction of sp³-hybridized carbons (Fsp3) is 0.583. The van der Waals surface area contributed by atoms with E-state index in [4.69, 9.17) is 5.84 Å². The molecule has 118 valence electrons. The van der Waals surface area contributed by atoms with Crippen molar-refractivity contribution in [3.05, 3.63) is 18.5 Å². The molecule has 1 saturated heterocycles. The van der Waals surface area contributed by atoms with Crippen molar-refractivity contribution in [3.8, 4) is 0 Å². The van der Waals surface area contributed by atoms with Crippen LogP contribution in [0.25, 0.3) is 0 Å². The Morgan fingerprint density at radius 1 is 1.57 bits per heavy atom. The molecule has 1 aromatic rings. The summed E-state index contributed by atoms with van der Waals surface area (Å²) in [5.41, 5.74) is 2.66. The number of β-amino-alcohol motifs (C(OH)–C–C–N with tert-alkyl or cyclic N) is 1. The molecule has 2 rings (SSSR count). The maximum Gasteiger partial charge on any atom is 0.247 e. The molecular formula is C12H21N5O3S. The number of nitrogen functional groups attached to an aromatic ring is 1. The number of nitrogens with one attached hydrogen (secondary N) is 1. The molecular weight excluding hydrogens is 294 g/mol. The number of hydrogen-bond donors (Lipinski definition) is 3. The first kappa shape index (κ1) is 16.1. The molecule has 1 aromatic heterocycles. The zero-order chi connectivity index (χ0) is 15.6. The average molecular weight is 315 g/mol. The Morgan fingerprint density at radius 3 is 2.90 bits per heavy atom. The van der Waals surface area contributed by atoms with Crippen molar-refractivity contribution in [1.82, 2.24) is 14.2 Å². The molecule has 8 nitrogen and oxygen atoms in total. The number of hydrazine groups is 1. The lowest BCUT2D eigenvalue weighted by atomic mass is 10.2. The van der Waals surface area contributed by atoms with Crippen LogP contribution in [0.5, 0.6) is 0 Å². The summed E-state index contributed by atoms with van der Waals surface area (Å²) in [4.78, 5) is 5.78. The van der Waals surface area contributed by atoms with Gasteiger partial charge in [-0.1, -0.05) is 0 Å². The Balaban J connectivity index is 2.37. The Kier molecular flexibility index (Phi) is 4.79. The van der Waals surface area contributed by atoms with Gasteiger partial charge in [0.15, 0.2) is 0 Å². The molecule has 0 radical (unpaired) electrons. The molecule has 9 heteroatoms. The van der Waals surface area contributed by atoms with Crippen LogP contribution in [0.2, 0.25) is 0 Å². The van der Waals surface area contributed by atoms with Gasteiger partial charge in [0, 0.05) is 31.5 Å². The monoisotopic (exact) mass is 315 g/mol. The van der Waals surface area contributed by atoms with Crippen molar-refractivity contribution >= 4 is 15.7 Å². The Labute approximate surface area is 124 Å². The third kappa shape index (κ3) is 3.33. The summed E-state index contributed by atoms with van der Waals surface area (Å²) < 4.78 is 27.0. The lowest BCUT2D eigenvalue weighted by Crippen LogP contribution is -2.41. The number of nitrogens with zero attached hydrogens (tertiary/aromatic N) is 3. The van der Waals surface area contributed by atoms with Gasteiger partial charge in [-0.25, -0.2) is 8.42 Å². The Morgan fingerprint density at radius 2 is 2.29 bits per heavy atom.